The summed E-state index contributed by atoms with van der Waals surface area (Å²) < 4.78 is 0. The summed E-state index contributed by atoms with van der Waals surface area (Å²) >= 11 is 6.04. The highest BCUT2D eigenvalue weighted by molar-refractivity contribution is 6.30. The Kier molecular flexibility index (Phi) is 3.17. The highest BCUT2D eigenvalue weighted by Crippen LogP contribution is 2.25. The quantitative estimate of drug-likeness (QED) is 0.727. The first kappa shape index (κ1) is 11.5. The molecule has 0 amide bonds. The van der Waals surface area contributed by atoms with E-state index in [-0.39, 0.29) is 11.5 Å². The van der Waals surface area contributed by atoms with E-state index in [0.717, 1.165) is 11.3 Å². The maximum absolute atomic E-state index is 6.04. The van der Waals surface area contributed by atoms with Crippen molar-refractivity contribution in [1.29, 1.82) is 0 Å². The first-order valence-corrected chi connectivity index (χ1v) is 5.12. The monoisotopic (exact) mass is 212 g/mol. The summed E-state index contributed by atoms with van der Waals surface area (Å²) in [4.78, 5) is 4.35. The smallest absolute Gasteiger partial charge is 0.134 e. The summed E-state index contributed by atoms with van der Waals surface area (Å²) in [7, 11) is 0. The number of rotatable bonds is 1. The lowest BCUT2D eigenvalue weighted by Crippen LogP contribution is -2.15. The molecule has 0 aliphatic carbocycles. The number of halogens is 1. The zero-order chi connectivity index (χ0) is 10.9. The number of nitrogens with zero attached hydrogens (tertiary/aromatic N) is 1. The first-order chi connectivity index (χ1) is 6.32. The van der Waals surface area contributed by atoms with E-state index in [0.29, 0.717) is 5.15 Å². The van der Waals surface area contributed by atoms with E-state index in [2.05, 4.69) is 25.8 Å². The highest BCUT2D eigenvalue weighted by Gasteiger charge is 2.17. The summed E-state index contributed by atoms with van der Waals surface area (Å²) in [5.41, 5.74) is 7.67. The molecule has 1 heterocycles. The van der Waals surface area contributed by atoms with Gasteiger partial charge < -0.3 is 5.73 Å². The Balaban J connectivity index is 3.13. The van der Waals surface area contributed by atoms with E-state index >= 15 is 0 Å². The molecule has 0 bridgehead atoms. The van der Waals surface area contributed by atoms with Gasteiger partial charge in [-0.05, 0) is 13.0 Å². The maximum Gasteiger partial charge on any atom is 0.134 e. The zero-order valence-electron chi connectivity index (χ0n) is 9.13. The van der Waals surface area contributed by atoms with Crippen LogP contribution in [-0.4, -0.2) is 4.98 Å². The summed E-state index contributed by atoms with van der Waals surface area (Å²) in [5, 5.41) is 0.521. The van der Waals surface area contributed by atoms with E-state index in [1.54, 1.807) is 0 Å². The van der Waals surface area contributed by atoms with Crippen LogP contribution in [0, 0.1) is 0 Å². The van der Waals surface area contributed by atoms with Gasteiger partial charge in [0, 0.05) is 22.7 Å². The molecule has 1 aromatic rings. The Bertz CT molecular complexity index is 327. The van der Waals surface area contributed by atoms with Gasteiger partial charge in [0.25, 0.3) is 0 Å². The maximum atomic E-state index is 6.04. The van der Waals surface area contributed by atoms with Crippen LogP contribution in [0.3, 0.4) is 0 Å². The summed E-state index contributed by atoms with van der Waals surface area (Å²) in [5.74, 6) is 0. The predicted octanol–water partition coefficient (Wildman–Crippen LogP) is 3.05. The standard InChI is InChI=1S/C11H17ClN2/c1-7(13)8-5-6-9(11(2,3)4)14-10(8)12/h5-7H,13H2,1-4H3. The minimum absolute atomic E-state index is 0.0278. The van der Waals surface area contributed by atoms with Crippen LogP contribution in [-0.2, 0) is 5.41 Å². The molecule has 2 nitrogen and oxygen atoms in total. The van der Waals surface area contributed by atoms with Crippen molar-refractivity contribution < 1.29 is 0 Å². The van der Waals surface area contributed by atoms with Crippen molar-refractivity contribution in [2.75, 3.05) is 0 Å². The molecule has 0 saturated carbocycles. The van der Waals surface area contributed by atoms with Crippen molar-refractivity contribution in [2.24, 2.45) is 5.73 Å². The van der Waals surface area contributed by atoms with Crippen molar-refractivity contribution in [3.05, 3.63) is 28.5 Å². The molecule has 14 heavy (non-hydrogen) atoms. The van der Waals surface area contributed by atoms with Gasteiger partial charge in [-0.25, -0.2) is 4.98 Å². The minimum atomic E-state index is -0.0657. The van der Waals surface area contributed by atoms with Gasteiger partial charge in [-0.1, -0.05) is 38.4 Å². The van der Waals surface area contributed by atoms with E-state index in [1.165, 1.54) is 0 Å². The van der Waals surface area contributed by atoms with Crippen molar-refractivity contribution in [2.45, 2.75) is 39.2 Å². The fourth-order valence-corrected chi connectivity index (χ4v) is 1.53. The third-order valence-corrected chi connectivity index (χ3v) is 2.44. The van der Waals surface area contributed by atoms with Crippen LogP contribution < -0.4 is 5.73 Å². The number of hydrogen-bond donors (Lipinski definition) is 1. The molecule has 1 atom stereocenters. The van der Waals surface area contributed by atoms with Gasteiger partial charge in [-0.3, -0.25) is 0 Å². The Hall–Kier alpha value is -0.600. The van der Waals surface area contributed by atoms with E-state index in [9.17, 15) is 0 Å². The van der Waals surface area contributed by atoms with Crippen LogP contribution in [0.2, 0.25) is 5.15 Å². The van der Waals surface area contributed by atoms with Crippen LogP contribution in [0.1, 0.15) is 45.0 Å². The van der Waals surface area contributed by atoms with Gasteiger partial charge in [0.15, 0.2) is 0 Å². The van der Waals surface area contributed by atoms with Gasteiger partial charge in [-0.15, -0.1) is 0 Å². The Morgan fingerprint density at radius 2 is 1.93 bits per heavy atom. The van der Waals surface area contributed by atoms with Gasteiger partial charge in [-0.2, -0.15) is 0 Å². The van der Waals surface area contributed by atoms with Crippen molar-refractivity contribution in [3.63, 3.8) is 0 Å². The predicted molar refractivity (Wildman–Crippen MR) is 60.5 cm³/mol. The molecular formula is C11H17ClN2. The average Bonchev–Trinajstić information content (AvgIpc) is 2.01. The third-order valence-electron chi connectivity index (χ3n) is 2.14. The van der Waals surface area contributed by atoms with Crippen LogP contribution in [0.25, 0.3) is 0 Å². The largest absolute Gasteiger partial charge is 0.324 e. The molecule has 1 unspecified atom stereocenters. The lowest BCUT2D eigenvalue weighted by Gasteiger charge is -2.19. The third kappa shape index (κ3) is 2.46. The SMILES string of the molecule is CC(N)c1ccc(C(C)(C)C)nc1Cl. The molecule has 0 radical (unpaired) electrons. The second kappa shape index (κ2) is 3.87. The Labute approximate surface area is 90.5 Å². The second-order valence-electron chi connectivity index (χ2n) is 4.62. The average molecular weight is 213 g/mol. The molecule has 1 aromatic heterocycles. The fraction of sp³-hybridized carbons (Fsp3) is 0.545. The molecule has 2 N–H and O–H groups in total. The first-order valence-electron chi connectivity index (χ1n) is 4.75. The molecule has 78 valence electrons. The second-order valence-corrected chi connectivity index (χ2v) is 4.97. The molecule has 0 aliphatic heterocycles. The van der Waals surface area contributed by atoms with Gasteiger partial charge in [0.1, 0.15) is 5.15 Å². The number of nitrogens with two attached hydrogens (primary N) is 1. The molecular weight excluding hydrogens is 196 g/mol. The van der Waals surface area contributed by atoms with Gasteiger partial charge in [0.05, 0.1) is 0 Å². The Morgan fingerprint density at radius 3 is 2.29 bits per heavy atom. The number of pyridine rings is 1. The van der Waals surface area contributed by atoms with Crippen LogP contribution in [0.4, 0.5) is 0 Å². The van der Waals surface area contributed by atoms with Crippen molar-refractivity contribution in [3.8, 4) is 0 Å². The number of aromatic nitrogens is 1. The van der Waals surface area contributed by atoms with Gasteiger partial charge in [0.2, 0.25) is 0 Å². The minimum Gasteiger partial charge on any atom is -0.324 e. The molecule has 0 aliphatic rings. The number of hydrogen-bond acceptors (Lipinski definition) is 2. The lowest BCUT2D eigenvalue weighted by atomic mass is 9.91. The van der Waals surface area contributed by atoms with Gasteiger partial charge >= 0.3 is 0 Å². The van der Waals surface area contributed by atoms with E-state index < -0.39 is 0 Å². The van der Waals surface area contributed by atoms with Crippen molar-refractivity contribution in [1.82, 2.24) is 4.98 Å². The topological polar surface area (TPSA) is 38.9 Å². The molecule has 0 fully saturated rings. The van der Waals surface area contributed by atoms with Crippen LogP contribution in [0.15, 0.2) is 12.1 Å². The van der Waals surface area contributed by atoms with Crippen LogP contribution >= 0.6 is 11.6 Å². The molecule has 3 heteroatoms. The van der Waals surface area contributed by atoms with E-state index in [4.69, 9.17) is 17.3 Å². The molecule has 0 aromatic carbocycles. The van der Waals surface area contributed by atoms with Crippen LogP contribution in [0.5, 0.6) is 0 Å². The Morgan fingerprint density at radius 1 is 1.36 bits per heavy atom. The normalized spacial score (nSPS) is 14.1. The lowest BCUT2D eigenvalue weighted by molar-refractivity contribution is 0.567. The van der Waals surface area contributed by atoms with E-state index in [1.807, 2.05) is 19.1 Å². The summed E-state index contributed by atoms with van der Waals surface area (Å²) in [6, 6.07) is 3.88. The summed E-state index contributed by atoms with van der Waals surface area (Å²) in [6.07, 6.45) is 0. The molecule has 0 spiro atoms. The summed E-state index contributed by atoms with van der Waals surface area (Å²) in [6.45, 7) is 8.23. The molecule has 1 rings (SSSR count). The van der Waals surface area contributed by atoms with Crippen molar-refractivity contribution >= 4 is 11.6 Å². The highest BCUT2D eigenvalue weighted by atomic mass is 35.5. The fourth-order valence-electron chi connectivity index (χ4n) is 1.20. The zero-order valence-corrected chi connectivity index (χ0v) is 9.89. The molecule has 0 saturated heterocycles.